The van der Waals surface area contributed by atoms with Gasteiger partial charge in [-0.1, -0.05) is 228 Å². The molecular weight excluding hydrogens is 949 g/mol. The molecule has 428 valence electrons. The molecule has 0 aromatic heterocycles. The van der Waals surface area contributed by atoms with Crippen molar-refractivity contribution in [2.75, 3.05) is 13.2 Å². The number of aliphatic hydroxyl groups excluding tert-OH is 2. The van der Waals surface area contributed by atoms with Gasteiger partial charge in [-0.25, -0.2) is 4.79 Å². The van der Waals surface area contributed by atoms with Crippen molar-refractivity contribution >= 4 is 23.9 Å². The summed E-state index contributed by atoms with van der Waals surface area (Å²) < 4.78 is 28.3. The average molecular weight is 1050 g/mol. The maximum atomic E-state index is 13.1. The second-order valence-electron chi connectivity index (χ2n) is 19.9. The zero-order valence-corrected chi connectivity index (χ0v) is 47.0. The van der Waals surface area contributed by atoms with Crippen molar-refractivity contribution in [3.8, 4) is 0 Å². The van der Waals surface area contributed by atoms with Crippen LogP contribution >= 0.6 is 0 Å². The van der Waals surface area contributed by atoms with Crippen molar-refractivity contribution in [1.82, 2.24) is 0 Å². The van der Waals surface area contributed by atoms with E-state index in [9.17, 15) is 34.5 Å². The van der Waals surface area contributed by atoms with Crippen molar-refractivity contribution in [2.24, 2.45) is 0 Å². The zero-order chi connectivity index (χ0) is 54.7. The molecule has 0 bridgehead atoms. The summed E-state index contributed by atoms with van der Waals surface area (Å²) in [7, 11) is 0. The Balaban J connectivity index is 2.72. The summed E-state index contributed by atoms with van der Waals surface area (Å²) >= 11 is 0. The summed E-state index contributed by atoms with van der Waals surface area (Å²) in [5, 5.41) is 31.4. The summed E-state index contributed by atoms with van der Waals surface area (Å²) in [6, 6.07) is 0. The first-order valence-corrected chi connectivity index (χ1v) is 29.6. The molecular formula is C63H104O12. The van der Waals surface area contributed by atoms with Gasteiger partial charge in [0.05, 0.1) is 6.61 Å². The quantitative estimate of drug-likeness (QED) is 0.0228. The second kappa shape index (κ2) is 50.7. The number of ether oxygens (including phenoxy) is 5. The van der Waals surface area contributed by atoms with Crippen LogP contribution in [0.4, 0.5) is 0 Å². The summed E-state index contributed by atoms with van der Waals surface area (Å²) in [6.45, 7) is 5.72. The van der Waals surface area contributed by atoms with Gasteiger partial charge < -0.3 is 39.0 Å². The highest BCUT2D eigenvalue weighted by Crippen LogP contribution is 2.26. The molecule has 0 aromatic carbocycles. The number of rotatable bonds is 49. The first kappa shape index (κ1) is 68.9. The summed E-state index contributed by atoms with van der Waals surface area (Å²) in [5.41, 5.74) is 0. The number of carbonyl (C=O) groups excluding carboxylic acids is 3. The minimum absolute atomic E-state index is 0.0647. The average Bonchev–Trinajstić information content (AvgIpc) is 3.39. The third-order valence-corrected chi connectivity index (χ3v) is 13.0. The first-order valence-electron chi connectivity index (χ1n) is 29.6. The number of aliphatic hydroxyl groups is 2. The molecule has 1 aliphatic heterocycles. The molecule has 1 rings (SSSR count). The number of hydrogen-bond donors (Lipinski definition) is 3. The van der Waals surface area contributed by atoms with Crippen LogP contribution in [0.1, 0.15) is 239 Å². The van der Waals surface area contributed by atoms with Crippen LogP contribution in [-0.4, -0.2) is 89.2 Å². The highest BCUT2D eigenvalue weighted by Gasteiger charge is 2.50. The smallest absolute Gasteiger partial charge is 0.335 e. The molecule has 1 aliphatic rings. The van der Waals surface area contributed by atoms with Crippen LogP contribution in [0.25, 0.3) is 0 Å². The van der Waals surface area contributed by atoms with E-state index < -0.39 is 67.3 Å². The molecule has 12 heteroatoms. The van der Waals surface area contributed by atoms with Gasteiger partial charge in [-0.2, -0.15) is 0 Å². The molecule has 0 radical (unpaired) electrons. The van der Waals surface area contributed by atoms with Crippen molar-refractivity contribution in [1.29, 1.82) is 0 Å². The maximum absolute atomic E-state index is 13.1. The van der Waals surface area contributed by atoms with Crippen LogP contribution in [0.3, 0.4) is 0 Å². The van der Waals surface area contributed by atoms with E-state index in [2.05, 4.69) is 87.6 Å². The number of esters is 3. The fraction of sp³-hybridized carbons (Fsp3) is 0.714. The second-order valence-corrected chi connectivity index (χ2v) is 19.9. The molecule has 1 saturated heterocycles. The number of allylic oxidation sites excluding steroid dienone is 14. The molecule has 6 unspecified atom stereocenters. The van der Waals surface area contributed by atoms with Crippen molar-refractivity contribution in [3.05, 3.63) is 85.1 Å². The molecule has 0 saturated carbocycles. The monoisotopic (exact) mass is 1050 g/mol. The normalized spacial score (nSPS) is 18.8. The Morgan fingerprint density at radius 3 is 1.33 bits per heavy atom. The van der Waals surface area contributed by atoms with Gasteiger partial charge in [0, 0.05) is 19.3 Å². The number of carbonyl (C=O) groups is 4. The standard InChI is InChI=1S/C63H104O12/c1-4-7-10-13-16-19-22-25-27-28-30-32-34-37-40-43-46-49-55(64)71-52-54(73-56(65)50-47-44-41-38-36-33-29-26-23-20-17-14-11-8-5-2)53-72-63-61(59(68)58(67)60(75-63)62(69)70)74-57(66)51-48-45-42-39-35-31-24-21-18-15-12-9-6-3/h8-9,11-12,17-18,20-21,26,29,31,35,42,45,54,58-61,63,67-68H,4-7,10,13-16,19,22-25,27-28,30,32-34,36-41,43-44,46-53H2,1-3H3,(H,69,70)/b11-8-,12-9-,20-17-,21-18-,29-26-,35-31-,45-42-. The Morgan fingerprint density at radius 1 is 0.453 bits per heavy atom. The number of carboxylic acid groups (broad SMARTS) is 1. The number of unbranched alkanes of at least 4 members (excludes halogenated alkanes) is 21. The van der Waals surface area contributed by atoms with Crippen molar-refractivity contribution < 1.29 is 58.2 Å². The largest absolute Gasteiger partial charge is 0.479 e. The van der Waals surface area contributed by atoms with E-state index >= 15 is 0 Å². The molecule has 0 spiro atoms. The molecule has 1 heterocycles. The van der Waals surface area contributed by atoms with Crippen LogP contribution in [0.15, 0.2) is 85.1 Å². The first-order chi connectivity index (χ1) is 36.6. The number of aliphatic carboxylic acids is 1. The van der Waals surface area contributed by atoms with E-state index in [1.54, 1.807) is 0 Å². The third kappa shape index (κ3) is 40.8. The lowest BCUT2D eigenvalue weighted by Gasteiger charge is -2.40. The van der Waals surface area contributed by atoms with Crippen LogP contribution < -0.4 is 0 Å². The van der Waals surface area contributed by atoms with E-state index in [4.69, 9.17) is 23.7 Å². The lowest BCUT2D eigenvalue weighted by atomic mass is 9.98. The third-order valence-electron chi connectivity index (χ3n) is 13.0. The molecule has 1 fully saturated rings. The fourth-order valence-corrected chi connectivity index (χ4v) is 8.51. The Morgan fingerprint density at radius 2 is 0.867 bits per heavy atom. The van der Waals surface area contributed by atoms with Crippen LogP contribution in [0.2, 0.25) is 0 Å². The Kier molecular flexibility index (Phi) is 46.6. The van der Waals surface area contributed by atoms with Gasteiger partial charge in [-0.05, 0) is 77.0 Å². The van der Waals surface area contributed by atoms with Crippen molar-refractivity contribution in [3.63, 3.8) is 0 Å². The Bertz CT molecular complexity index is 1630. The molecule has 6 atom stereocenters. The molecule has 0 amide bonds. The highest BCUT2D eigenvalue weighted by atomic mass is 16.7. The minimum atomic E-state index is -1.93. The number of carboxylic acids is 1. The summed E-state index contributed by atoms with van der Waals surface area (Å²) in [5.74, 6) is -3.25. The SMILES string of the molecule is CC/C=C\C/C=C\C/C=C\C/C=C\CCC(=O)OC1C(OCC(COC(=O)CCCCCCCCCCCCCCCCCCC)OC(=O)CCCCCCC/C=C\C/C=C\C/C=C\CC)OC(C(=O)O)C(O)C1O. The van der Waals surface area contributed by atoms with Crippen LogP contribution in [0, 0.1) is 0 Å². The maximum Gasteiger partial charge on any atom is 0.335 e. The van der Waals surface area contributed by atoms with Gasteiger partial charge in [0.1, 0.15) is 18.8 Å². The lowest BCUT2D eigenvalue weighted by molar-refractivity contribution is -0.301. The molecule has 12 nitrogen and oxygen atoms in total. The van der Waals surface area contributed by atoms with E-state index in [1.165, 1.54) is 83.5 Å². The Labute approximate surface area is 454 Å². The molecule has 75 heavy (non-hydrogen) atoms. The van der Waals surface area contributed by atoms with Gasteiger partial charge in [0.2, 0.25) is 0 Å². The van der Waals surface area contributed by atoms with E-state index in [1.807, 2.05) is 18.2 Å². The van der Waals surface area contributed by atoms with Gasteiger partial charge >= 0.3 is 23.9 Å². The predicted octanol–water partition coefficient (Wildman–Crippen LogP) is 15.1. The minimum Gasteiger partial charge on any atom is -0.479 e. The van der Waals surface area contributed by atoms with Gasteiger partial charge in [-0.3, -0.25) is 14.4 Å². The highest BCUT2D eigenvalue weighted by molar-refractivity contribution is 5.74. The van der Waals surface area contributed by atoms with Crippen molar-refractivity contribution in [2.45, 2.75) is 276 Å². The lowest BCUT2D eigenvalue weighted by Crippen LogP contribution is -2.61. The Hall–Kier alpha value is -4.10. The van der Waals surface area contributed by atoms with Gasteiger partial charge in [0.25, 0.3) is 0 Å². The molecule has 0 aromatic rings. The molecule has 3 N–H and O–H groups in total. The van der Waals surface area contributed by atoms with Gasteiger partial charge in [0.15, 0.2) is 24.6 Å². The summed E-state index contributed by atoms with van der Waals surface area (Å²) in [6.07, 6.45) is 52.9. The topological polar surface area (TPSA) is 175 Å². The van der Waals surface area contributed by atoms with E-state index in [0.29, 0.717) is 25.7 Å². The predicted molar refractivity (Wildman–Crippen MR) is 303 cm³/mol. The number of hydrogen-bond acceptors (Lipinski definition) is 11. The van der Waals surface area contributed by atoms with E-state index in [0.717, 1.165) is 89.9 Å². The van der Waals surface area contributed by atoms with Gasteiger partial charge in [-0.15, -0.1) is 0 Å². The summed E-state index contributed by atoms with van der Waals surface area (Å²) in [4.78, 5) is 51.1. The fourth-order valence-electron chi connectivity index (χ4n) is 8.51. The van der Waals surface area contributed by atoms with E-state index in [-0.39, 0.29) is 25.9 Å². The zero-order valence-electron chi connectivity index (χ0n) is 47.0. The molecule has 0 aliphatic carbocycles. The van der Waals surface area contributed by atoms with Crippen LogP contribution in [0.5, 0.6) is 0 Å². The van der Waals surface area contributed by atoms with Crippen LogP contribution in [-0.2, 0) is 42.9 Å².